The van der Waals surface area contributed by atoms with Crippen LogP contribution in [-0.4, -0.2) is 17.3 Å². The predicted octanol–water partition coefficient (Wildman–Crippen LogP) is 6.70. The van der Waals surface area contributed by atoms with Crippen molar-refractivity contribution in [2.75, 3.05) is 0 Å². The molecular formula is C17H10Cl3F3O2. The van der Waals surface area contributed by atoms with Crippen LogP contribution in [0, 0.1) is 0 Å². The molecule has 0 spiro atoms. The van der Waals surface area contributed by atoms with Crippen molar-refractivity contribution >= 4 is 46.8 Å². The standard InChI is InChI=1S/C17H10Cl3F3O2/c18-13-7-10(8-14(19)15(13)20)12(17(21,22)23)6-5-9-3-1-2-4-11(9)16(24)25/h1-8,12H,(H,24,25). The first-order valence-corrected chi connectivity index (χ1v) is 7.96. The highest BCUT2D eigenvalue weighted by Gasteiger charge is 2.39. The third-order valence-corrected chi connectivity index (χ3v) is 4.57. The van der Waals surface area contributed by atoms with Gasteiger partial charge in [0.2, 0.25) is 0 Å². The largest absolute Gasteiger partial charge is 0.478 e. The summed E-state index contributed by atoms with van der Waals surface area (Å²) >= 11 is 17.4. The molecule has 2 rings (SSSR count). The van der Waals surface area contributed by atoms with Crippen molar-refractivity contribution in [1.29, 1.82) is 0 Å². The van der Waals surface area contributed by atoms with Crippen LogP contribution in [0.2, 0.25) is 15.1 Å². The van der Waals surface area contributed by atoms with Gasteiger partial charge in [0, 0.05) is 0 Å². The maximum atomic E-state index is 13.4. The van der Waals surface area contributed by atoms with E-state index in [1.165, 1.54) is 24.3 Å². The van der Waals surface area contributed by atoms with E-state index in [2.05, 4.69) is 0 Å². The molecule has 0 heterocycles. The quantitative estimate of drug-likeness (QED) is 0.570. The Bertz CT molecular complexity index is 809. The highest BCUT2D eigenvalue weighted by atomic mass is 35.5. The molecule has 25 heavy (non-hydrogen) atoms. The fourth-order valence-electron chi connectivity index (χ4n) is 2.20. The molecule has 132 valence electrons. The average Bonchev–Trinajstić information content (AvgIpc) is 2.51. The van der Waals surface area contributed by atoms with Gasteiger partial charge >= 0.3 is 12.1 Å². The summed E-state index contributed by atoms with van der Waals surface area (Å²) in [6.07, 6.45) is -2.66. The summed E-state index contributed by atoms with van der Waals surface area (Å²) in [6.45, 7) is 0. The molecule has 0 radical (unpaired) electrons. The van der Waals surface area contributed by atoms with Crippen LogP contribution in [0.5, 0.6) is 0 Å². The second-order valence-corrected chi connectivity index (χ2v) is 6.26. The van der Waals surface area contributed by atoms with Crippen molar-refractivity contribution in [1.82, 2.24) is 0 Å². The zero-order valence-corrected chi connectivity index (χ0v) is 14.6. The number of aromatic carboxylic acids is 1. The number of halogens is 6. The minimum Gasteiger partial charge on any atom is -0.478 e. The first-order valence-electron chi connectivity index (χ1n) is 6.83. The van der Waals surface area contributed by atoms with E-state index in [0.717, 1.165) is 24.3 Å². The molecule has 1 N–H and O–H groups in total. The second kappa shape index (κ2) is 7.68. The smallest absolute Gasteiger partial charge is 0.399 e. The normalized spacial score (nSPS) is 13.2. The van der Waals surface area contributed by atoms with Gasteiger partial charge in [-0.1, -0.05) is 65.2 Å². The van der Waals surface area contributed by atoms with E-state index in [4.69, 9.17) is 39.9 Å². The van der Waals surface area contributed by atoms with E-state index in [1.807, 2.05) is 0 Å². The molecule has 1 unspecified atom stereocenters. The Morgan fingerprint density at radius 2 is 1.64 bits per heavy atom. The van der Waals surface area contributed by atoms with Gasteiger partial charge in [0.05, 0.1) is 26.5 Å². The first kappa shape index (κ1) is 19.6. The van der Waals surface area contributed by atoms with Crippen LogP contribution >= 0.6 is 34.8 Å². The summed E-state index contributed by atoms with van der Waals surface area (Å²) in [6, 6.07) is 7.91. The van der Waals surface area contributed by atoms with Crippen LogP contribution < -0.4 is 0 Å². The average molecular weight is 410 g/mol. The van der Waals surface area contributed by atoms with Crippen molar-refractivity contribution in [3.05, 3.63) is 74.2 Å². The Kier molecular flexibility index (Phi) is 6.03. The maximum absolute atomic E-state index is 13.4. The van der Waals surface area contributed by atoms with E-state index in [1.54, 1.807) is 0 Å². The molecule has 0 saturated heterocycles. The van der Waals surface area contributed by atoms with Gasteiger partial charge in [-0.15, -0.1) is 0 Å². The molecular weight excluding hydrogens is 400 g/mol. The van der Waals surface area contributed by atoms with Crippen LogP contribution in [0.1, 0.15) is 27.4 Å². The molecule has 0 bridgehead atoms. The van der Waals surface area contributed by atoms with Gasteiger partial charge in [0.25, 0.3) is 0 Å². The monoisotopic (exact) mass is 408 g/mol. The predicted molar refractivity (Wildman–Crippen MR) is 92.7 cm³/mol. The summed E-state index contributed by atoms with van der Waals surface area (Å²) in [4.78, 5) is 11.2. The molecule has 0 saturated carbocycles. The molecule has 0 fully saturated rings. The highest BCUT2D eigenvalue weighted by molar-refractivity contribution is 6.48. The summed E-state index contributed by atoms with van der Waals surface area (Å²) in [5.74, 6) is -3.26. The zero-order chi connectivity index (χ0) is 18.8. The number of allylic oxidation sites excluding steroid dienone is 1. The van der Waals surface area contributed by atoms with Gasteiger partial charge in [-0.3, -0.25) is 0 Å². The fraction of sp³-hybridized carbons (Fsp3) is 0.118. The second-order valence-electron chi connectivity index (χ2n) is 5.07. The number of rotatable bonds is 4. The summed E-state index contributed by atoms with van der Waals surface area (Å²) < 4.78 is 40.3. The number of carboxylic acid groups (broad SMARTS) is 1. The topological polar surface area (TPSA) is 37.3 Å². The van der Waals surface area contributed by atoms with Crippen molar-refractivity contribution < 1.29 is 23.1 Å². The van der Waals surface area contributed by atoms with Crippen LogP contribution in [-0.2, 0) is 0 Å². The fourth-order valence-corrected chi connectivity index (χ4v) is 2.81. The molecule has 0 aliphatic rings. The molecule has 2 nitrogen and oxygen atoms in total. The minimum absolute atomic E-state index is 0.0341. The van der Waals surface area contributed by atoms with Gasteiger partial charge in [0.1, 0.15) is 0 Å². The summed E-state index contributed by atoms with van der Waals surface area (Å²) in [7, 11) is 0. The van der Waals surface area contributed by atoms with Crippen molar-refractivity contribution in [2.45, 2.75) is 12.1 Å². The zero-order valence-electron chi connectivity index (χ0n) is 12.3. The lowest BCUT2D eigenvalue weighted by Gasteiger charge is -2.18. The maximum Gasteiger partial charge on any atom is 0.399 e. The van der Waals surface area contributed by atoms with Gasteiger partial charge in [0.15, 0.2) is 0 Å². The number of hydrogen-bond donors (Lipinski definition) is 1. The SMILES string of the molecule is O=C(O)c1ccccc1C=CC(c1cc(Cl)c(Cl)c(Cl)c1)C(F)(F)F. The molecule has 1 atom stereocenters. The minimum atomic E-state index is -4.63. The lowest BCUT2D eigenvalue weighted by Crippen LogP contribution is -2.19. The van der Waals surface area contributed by atoms with Crippen LogP contribution in [0.15, 0.2) is 42.5 Å². The Morgan fingerprint density at radius 3 is 2.16 bits per heavy atom. The van der Waals surface area contributed by atoms with E-state index in [0.29, 0.717) is 0 Å². The van der Waals surface area contributed by atoms with Crippen LogP contribution in [0.3, 0.4) is 0 Å². The molecule has 0 aliphatic heterocycles. The van der Waals surface area contributed by atoms with Crippen LogP contribution in [0.25, 0.3) is 6.08 Å². The Labute approximate surface area is 156 Å². The van der Waals surface area contributed by atoms with E-state index < -0.39 is 18.1 Å². The molecule has 0 amide bonds. The van der Waals surface area contributed by atoms with Gasteiger partial charge < -0.3 is 5.11 Å². The van der Waals surface area contributed by atoms with E-state index in [9.17, 15) is 18.0 Å². The lowest BCUT2D eigenvalue weighted by atomic mass is 9.96. The van der Waals surface area contributed by atoms with E-state index >= 15 is 0 Å². The van der Waals surface area contributed by atoms with Crippen molar-refractivity contribution in [3.8, 4) is 0 Å². The Balaban J connectivity index is 2.49. The van der Waals surface area contributed by atoms with Gasteiger partial charge in [-0.05, 0) is 29.3 Å². The van der Waals surface area contributed by atoms with E-state index in [-0.39, 0.29) is 31.8 Å². The number of carboxylic acids is 1. The van der Waals surface area contributed by atoms with Crippen molar-refractivity contribution in [3.63, 3.8) is 0 Å². The lowest BCUT2D eigenvalue weighted by molar-refractivity contribution is -0.139. The number of alkyl halides is 3. The highest BCUT2D eigenvalue weighted by Crippen LogP contribution is 2.41. The van der Waals surface area contributed by atoms with Crippen LogP contribution in [0.4, 0.5) is 13.2 Å². The van der Waals surface area contributed by atoms with Gasteiger partial charge in [-0.2, -0.15) is 13.2 Å². The molecule has 0 aliphatic carbocycles. The number of hydrogen-bond acceptors (Lipinski definition) is 1. The third kappa shape index (κ3) is 4.69. The number of carbonyl (C=O) groups is 1. The Morgan fingerprint density at radius 1 is 1.08 bits per heavy atom. The molecule has 2 aromatic carbocycles. The first-order chi connectivity index (χ1) is 11.6. The Hall–Kier alpha value is -1.69. The molecule has 8 heteroatoms. The number of benzene rings is 2. The summed E-state index contributed by atoms with van der Waals surface area (Å²) in [5, 5.41) is 8.87. The van der Waals surface area contributed by atoms with Crippen molar-refractivity contribution in [2.24, 2.45) is 0 Å². The molecule has 0 aromatic heterocycles. The summed E-state index contributed by atoms with van der Waals surface area (Å²) in [5.41, 5.74) is -0.154. The molecule has 2 aromatic rings. The van der Waals surface area contributed by atoms with Gasteiger partial charge in [-0.25, -0.2) is 4.79 Å². The third-order valence-electron chi connectivity index (χ3n) is 3.38.